The summed E-state index contributed by atoms with van der Waals surface area (Å²) in [6, 6.07) is 3.19. The Kier molecular flexibility index (Phi) is 9.10. The Labute approximate surface area is 194 Å². The number of aliphatic hydroxyl groups is 1. The second kappa shape index (κ2) is 11.8. The highest BCUT2D eigenvalue weighted by Gasteiger charge is 2.30. The maximum Gasteiger partial charge on any atom is 0.328 e. The van der Waals surface area contributed by atoms with Gasteiger partial charge < -0.3 is 42.6 Å². The van der Waals surface area contributed by atoms with Gasteiger partial charge in [-0.3, -0.25) is 19.2 Å². The van der Waals surface area contributed by atoms with Crippen LogP contribution in [0.1, 0.15) is 18.9 Å². The summed E-state index contributed by atoms with van der Waals surface area (Å²) in [6.45, 7) is 0.652. The molecule has 184 valence electrons. The fourth-order valence-electron chi connectivity index (χ4n) is 3.23. The standard InChI is InChI=1S/C21H28N6O7/c1-10(28)18(21(33)34)27-20(32)15(6-11-8-24-14-5-3-2-4-12(11)14)26-17(30)9-25-19(31)13(22)7-16(23)29/h2-5,8,10,13,15,18,24,28H,6-7,9,22H2,1H3,(H2,23,29)(H,25,31)(H,26,30)(H,27,32)(H,33,34). The third-order valence-corrected chi connectivity index (χ3v) is 4.98. The number of carbonyl (C=O) groups is 5. The third-order valence-electron chi connectivity index (χ3n) is 4.98. The molecule has 13 heteroatoms. The Hall–Kier alpha value is -3.97. The summed E-state index contributed by atoms with van der Waals surface area (Å²) >= 11 is 0. The Bertz CT molecular complexity index is 1070. The van der Waals surface area contributed by atoms with Gasteiger partial charge in [0.2, 0.25) is 23.6 Å². The lowest BCUT2D eigenvalue weighted by Crippen LogP contribution is -2.56. The number of carboxylic acid groups (broad SMARTS) is 1. The van der Waals surface area contributed by atoms with Crippen LogP contribution in [-0.4, -0.2) is 75.6 Å². The van der Waals surface area contributed by atoms with Gasteiger partial charge >= 0.3 is 5.97 Å². The maximum atomic E-state index is 12.9. The third kappa shape index (κ3) is 7.28. The van der Waals surface area contributed by atoms with Crippen LogP contribution in [0.4, 0.5) is 0 Å². The molecule has 13 nitrogen and oxygen atoms in total. The van der Waals surface area contributed by atoms with Crippen LogP contribution in [-0.2, 0) is 30.4 Å². The highest BCUT2D eigenvalue weighted by molar-refractivity contribution is 5.94. The molecule has 0 aliphatic heterocycles. The molecule has 4 unspecified atom stereocenters. The number of para-hydroxylation sites is 1. The highest BCUT2D eigenvalue weighted by Crippen LogP contribution is 2.19. The molecular formula is C21H28N6O7. The molecule has 0 radical (unpaired) electrons. The fourth-order valence-corrected chi connectivity index (χ4v) is 3.23. The number of carbonyl (C=O) groups excluding carboxylic acids is 4. The van der Waals surface area contributed by atoms with Crippen molar-refractivity contribution in [3.05, 3.63) is 36.0 Å². The van der Waals surface area contributed by atoms with E-state index in [1.54, 1.807) is 12.3 Å². The molecule has 0 saturated heterocycles. The van der Waals surface area contributed by atoms with Crippen LogP contribution in [0.3, 0.4) is 0 Å². The molecule has 1 aromatic carbocycles. The maximum absolute atomic E-state index is 12.9. The number of amides is 4. The van der Waals surface area contributed by atoms with Crippen molar-refractivity contribution in [1.29, 1.82) is 0 Å². The first-order valence-electron chi connectivity index (χ1n) is 10.4. The van der Waals surface area contributed by atoms with Crippen molar-refractivity contribution >= 4 is 40.5 Å². The summed E-state index contributed by atoms with van der Waals surface area (Å²) in [5.74, 6) is -4.62. The van der Waals surface area contributed by atoms with Gasteiger partial charge in [-0.15, -0.1) is 0 Å². The zero-order valence-corrected chi connectivity index (χ0v) is 18.4. The van der Waals surface area contributed by atoms with E-state index < -0.39 is 66.8 Å². The molecule has 0 spiro atoms. The number of aliphatic hydroxyl groups excluding tert-OH is 1. The fraction of sp³-hybridized carbons (Fsp3) is 0.381. The second-order valence-electron chi connectivity index (χ2n) is 7.74. The van der Waals surface area contributed by atoms with E-state index in [-0.39, 0.29) is 6.42 Å². The van der Waals surface area contributed by atoms with Crippen molar-refractivity contribution in [3.8, 4) is 0 Å². The van der Waals surface area contributed by atoms with E-state index in [2.05, 4.69) is 20.9 Å². The van der Waals surface area contributed by atoms with Crippen LogP contribution in [0.5, 0.6) is 0 Å². The number of aromatic amines is 1. The molecule has 2 rings (SSSR count). The number of benzene rings is 1. The molecule has 10 N–H and O–H groups in total. The number of aromatic nitrogens is 1. The molecule has 4 atom stereocenters. The summed E-state index contributed by atoms with van der Waals surface area (Å²) in [6.07, 6.45) is -0.153. The lowest BCUT2D eigenvalue weighted by atomic mass is 10.0. The van der Waals surface area contributed by atoms with E-state index in [0.717, 1.165) is 10.9 Å². The number of nitrogens with two attached hydrogens (primary N) is 2. The van der Waals surface area contributed by atoms with Gasteiger partial charge in [-0.2, -0.15) is 0 Å². The normalized spacial score (nSPS) is 14.4. The van der Waals surface area contributed by atoms with Crippen LogP contribution in [0.15, 0.2) is 30.5 Å². The van der Waals surface area contributed by atoms with Gasteiger partial charge in [0.25, 0.3) is 0 Å². The van der Waals surface area contributed by atoms with Gasteiger partial charge in [0.1, 0.15) is 6.04 Å². The van der Waals surface area contributed by atoms with Crippen LogP contribution >= 0.6 is 0 Å². The molecular weight excluding hydrogens is 448 g/mol. The van der Waals surface area contributed by atoms with Crippen molar-refractivity contribution < 1.29 is 34.2 Å². The average molecular weight is 476 g/mol. The first-order chi connectivity index (χ1) is 16.0. The Balaban J connectivity index is 2.15. The molecule has 4 amide bonds. The van der Waals surface area contributed by atoms with E-state index in [9.17, 15) is 34.2 Å². The largest absolute Gasteiger partial charge is 0.480 e. The number of fused-ring (bicyclic) bond motifs is 1. The molecule has 2 aromatic rings. The zero-order chi connectivity index (χ0) is 25.4. The Morgan fingerprint density at radius 3 is 2.38 bits per heavy atom. The minimum absolute atomic E-state index is 0.0110. The lowest BCUT2D eigenvalue weighted by molar-refractivity contribution is -0.145. The average Bonchev–Trinajstić information content (AvgIpc) is 3.17. The first kappa shape index (κ1) is 26.3. The van der Waals surface area contributed by atoms with Crippen molar-refractivity contribution in [2.75, 3.05) is 6.54 Å². The van der Waals surface area contributed by atoms with E-state index >= 15 is 0 Å². The molecule has 34 heavy (non-hydrogen) atoms. The monoisotopic (exact) mass is 476 g/mol. The molecule has 1 heterocycles. The van der Waals surface area contributed by atoms with Crippen molar-refractivity contribution in [3.63, 3.8) is 0 Å². The number of H-pyrrole nitrogens is 1. The predicted octanol–water partition coefficient (Wildman–Crippen LogP) is -2.54. The number of nitrogens with one attached hydrogen (secondary N) is 4. The van der Waals surface area contributed by atoms with Crippen LogP contribution in [0, 0.1) is 0 Å². The molecule has 0 bridgehead atoms. The molecule has 0 fully saturated rings. The summed E-state index contributed by atoms with van der Waals surface area (Å²) in [7, 11) is 0. The summed E-state index contributed by atoms with van der Waals surface area (Å²) in [5, 5.41) is 26.6. The first-order valence-corrected chi connectivity index (χ1v) is 10.4. The van der Waals surface area contributed by atoms with Crippen molar-refractivity contribution in [1.82, 2.24) is 20.9 Å². The van der Waals surface area contributed by atoms with Gasteiger partial charge in [0.05, 0.1) is 25.1 Å². The van der Waals surface area contributed by atoms with Crippen LogP contribution in [0.2, 0.25) is 0 Å². The van der Waals surface area contributed by atoms with Crippen molar-refractivity contribution in [2.24, 2.45) is 11.5 Å². The van der Waals surface area contributed by atoms with Gasteiger partial charge in [-0.05, 0) is 18.6 Å². The molecule has 0 saturated carbocycles. The summed E-state index contributed by atoms with van der Waals surface area (Å²) in [4.78, 5) is 62.5. The summed E-state index contributed by atoms with van der Waals surface area (Å²) in [5.41, 5.74) is 12.0. The summed E-state index contributed by atoms with van der Waals surface area (Å²) < 4.78 is 0. The van der Waals surface area contributed by atoms with E-state index in [0.29, 0.717) is 5.56 Å². The van der Waals surface area contributed by atoms with Crippen molar-refractivity contribution in [2.45, 2.75) is 44.0 Å². The van der Waals surface area contributed by atoms with Crippen LogP contribution in [0.25, 0.3) is 10.9 Å². The minimum Gasteiger partial charge on any atom is -0.480 e. The topological polar surface area (TPSA) is 230 Å². The van der Waals surface area contributed by atoms with E-state index in [1.165, 1.54) is 6.92 Å². The number of hydrogen-bond acceptors (Lipinski definition) is 7. The Morgan fingerprint density at radius 2 is 1.76 bits per heavy atom. The molecule has 1 aromatic heterocycles. The van der Waals surface area contributed by atoms with Gasteiger partial charge in [0.15, 0.2) is 6.04 Å². The molecule has 0 aliphatic rings. The highest BCUT2D eigenvalue weighted by atomic mass is 16.4. The number of hydrogen-bond donors (Lipinski definition) is 8. The van der Waals surface area contributed by atoms with Gasteiger partial charge in [0, 0.05) is 23.5 Å². The Morgan fingerprint density at radius 1 is 1.09 bits per heavy atom. The lowest BCUT2D eigenvalue weighted by Gasteiger charge is -2.23. The zero-order valence-electron chi connectivity index (χ0n) is 18.4. The number of carboxylic acids is 1. The smallest absolute Gasteiger partial charge is 0.328 e. The predicted molar refractivity (Wildman–Crippen MR) is 120 cm³/mol. The minimum atomic E-state index is -1.60. The number of aliphatic carboxylic acids is 1. The van der Waals surface area contributed by atoms with Gasteiger partial charge in [-0.1, -0.05) is 18.2 Å². The number of rotatable bonds is 12. The number of primary amides is 1. The SMILES string of the molecule is CC(O)C(NC(=O)C(Cc1c[nH]c2ccccc12)NC(=O)CNC(=O)C(N)CC(N)=O)C(=O)O. The van der Waals surface area contributed by atoms with Crippen LogP contribution < -0.4 is 27.4 Å². The quantitative estimate of drug-likeness (QED) is 0.162. The van der Waals surface area contributed by atoms with E-state index in [1.807, 2.05) is 18.2 Å². The second-order valence-corrected chi connectivity index (χ2v) is 7.74. The van der Waals surface area contributed by atoms with E-state index in [4.69, 9.17) is 11.5 Å². The van der Waals surface area contributed by atoms with Gasteiger partial charge in [-0.25, -0.2) is 4.79 Å². The molecule has 0 aliphatic carbocycles.